The van der Waals surface area contributed by atoms with Crippen molar-refractivity contribution in [2.45, 2.75) is 12.8 Å². The normalized spacial score (nSPS) is 12.6. The molecule has 0 radical (unpaired) electrons. The minimum absolute atomic E-state index is 0.554. The van der Waals surface area contributed by atoms with Crippen LogP contribution in [0.2, 0.25) is 0 Å². The van der Waals surface area contributed by atoms with E-state index in [0.29, 0.717) is 6.54 Å². The first kappa shape index (κ1) is 19.9. The Hall–Kier alpha value is -1.87. The van der Waals surface area contributed by atoms with E-state index in [9.17, 15) is 0 Å². The molecular weight excluding hydrogens is 464 g/mol. The molecule has 0 aliphatic rings. The molecule has 0 aliphatic heterocycles. The van der Waals surface area contributed by atoms with Gasteiger partial charge in [0.2, 0.25) is 0 Å². The Kier molecular flexibility index (Phi) is 6.54. The Morgan fingerprint density at radius 2 is 1.11 bits per heavy atom. The van der Waals surface area contributed by atoms with E-state index in [1.165, 1.54) is 15.9 Å². The van der Waals surface area contributed by atoms with Crippen LogP contribution in [0.5, 0.6) is 0 Å². The fraction of sp³-hybridized carbons (Fsp3) is 0.182. The molecule has 5 heteroatoms. The molecule has 27 heavy (non-hydrogen) atoms. The van der Waals surface area contributed by atoms with Gasteiger partial charge in [-0.2, -0.15) is 0 Å². The first-order valence-corrected chi connectivity index (χ1v) is 14.3. The number of rotatable bonds is 8. The summed E-state index contributed by atoms with van der Waals surface area (Å²) in [6.07, 6.45) is 2.96. The molecule has 0 fully saturated rings. The maximum atomic E-state index is 8.58. The third-order valence-electron chi connectivity index (χ3n) is 5.03. The molecule has 3 nitrogen and oxygen atoms in total. The number of benzene rings is 3. The molecule has 3 aromatic rings. The van der Waals surface area contributed by atoms with Crippen LogP contribution in [0.25, 0.3) is 10.4 Å². The average molecular weight is 487 g/mol. The van der Waals surface area contributed by atoms with Gasteiger partial charge in [0, 0.05) is 0 Å². The average Bonchev–Trinajstić information content (AvgIpc) is 2.75. The van der Waals surface area contributed by atoms with Crippen molar-refractivity contribution >= 4 is 42.2 Å². The zero-order valence-corrected chi connectivity index (χ0v) is 18.2. The van der Waals surface area contributed by atoms with Gasteiger partial charge in [0.1, 0.15) is 0 Å². The number of halogens is 1. The minimum atomic E-state index is -2.66. The van der Waals surface area contributed by atoms with Gasteiger partial charge in [-0.05, 0) is 0 Å². The van der Waals surface area contributed by atoms with Crippen molar-refractivity contribution in [1.29, 1.82) is 0 Å². The van der Waals surface area contributed by atoms with Crippen LogP contribution in [0.15, 0.2) is 96.1 Å². The Morgan fingerprint density at radius 3 is 1.48 bits per heavy atom. The number of nitrogens with zero attached hydrogens (tertiary/aromatic N) is 3. The summed E-state index contributed by atoms with van der Waals surface area (Å²) in [5, 5.41) is 7.91. The SMILES string of the molecule is [N-]=[N+]=NCCCCP(I)(c1ccccc1)(c1ccccc1)c1ccccc1. The molecule has 0 atom stereocenters. The second kappa shape index (κ2) is 8.88. The van der Waals surface area contributed by atoms with E-state index in [-0.39, 0.29) is 0 Å². The molecule has 3 aromatic carbocycles. The van der Waals surface area contributed by atoms with Gasteiger partial charge in [-0.3, -0.25) is 0 Å². The molecule has 0 saturated carbocycles. The summed E-state index contributed by atoms with van der Waals surface area (Å²) in [7, 11) is 0. The van der Waals surface area contributed by atoms with E-state index < -0.39 is 4.25 Å². The molecule has 138 valence electrons. The first-order valence-electron chi connectivity index (χ1n) is 9.10. The van der Waals surface area contributed by atoms with E-state index in [1.54, 1.807) is 0 Å². The van der Waals surface area contributed by atoms with Gasteiger partial charge in [0.15, 0.2) is 0 Å². The van der Waals surface area contributed by atoms with Crippen LogP contribution in [-0.2, 0) is 0 Å². The van der Waals surface area contributed by atoms with Crippen LogP contribution in [0, 0.1) is 0 Å². The van der Waals surface area contributed by atoms with E-state index in [4.69, 9.17) is 5.53 Å². The fourth-order valence-corrected chi connectivity index (χ4v) is 12.5. The standard InChI is InChI=1S/C22H23IN3P/c23-27(19-11-10-18-25-26-24,20-12-4-1-5-13-20,21-14-6-2-7-15-21)22-16-8-3-9-17-22/h1-9,12-17H,10-11,18-19H2. The monoisotopic (exact) mass is 487 g/mol. The van der Waals surface area contributed by atoms with Crippen molar-refractivity contribution < 1.29 is 0 Å². The van der Waals surface area contributed by atoms with Crippen molar-refractivity contribution in [2.24, 2.45) is 5.11 Å². The molecular formula is C22H23IN3P. The molecule has 0 bridgehead atoms. The van der Waals surface area contributed by atoms with E-state index in [1.807, 2.05) is 0 Å². The van der Waals surface area contributed by atoms with Crippen LogP contribution < -0.4 is 15.9 Å². The Labute approximate surface area is 173 Å². The fourth-order valence-electron chi connectivity index (χ4n) is 3.69. The van der Waals surface area contributed by atoms with Crippen molar-refractivity contribution in [1.82, 2.24) is 0 Å². The van der Waals surface area contributed by atoms with Gasteiger partial charge >= 0.3 is 174 Å². The Bertz CT molecular complexity index is 811. The van der Waals surface area contributed by atoms with E-state index >= 15 is 0 Å². The molecule has 0 aromatic heterocycles. The molecule has 0 spiro atoms. The molecule has 0 N–H and O–H groups in total. The zero-order valence-electron chi connectivity index (χ0n) is 15.2. The summed E-state index contributed by atoms with van der Waals surface area (Å²) in [5.74, 6) is 0. The topological polar surface area (TPSA) is 48.8 Å². The predicted octanol–water partition coefficient (Wildman–Crippen LogP) is 5.96. The first-order chi connectivity index (χ1) is 13.2. The van der Waals surface area contributed by atoms with Gasteiger partial charge in [-0.15, -0.1) is 0 Å². The molecule has 0 amide bonds. The Balaban J connectivity index is 2.21. The summed E-state index contributed by atoms with van der Waals surface area (Å²) in [6, 6.07) is 32.7. The van der Waals surface area contributed by atoms with Crippen molar-refractivity contribution in [2.75, 3.05) is 12.7 Å². The number of unbranched alkanes of at least 4 members (excludes halogenated alkanes) is 1. The van der Waals surface area contributed by atoms with Crippen molar-refractivity contribution in [3.05, 3.63) is 101 Å². The summed E-state index contributed by atoms with van der Waals surface area (Å²) >= 11 is 2.79. The van der Waals surface area contributed by atoms with Crippen LogP contribution in [0.1, 0.15) is 12.8 Å². The maximum absolute atomic E-state index is 8.58. The summed E-state index contributed by atoms with van der Waals surface area (Å²) in [5.41, 5.74) is 8.58. The molecule has 0 unspecified atom stereocenters. The number of hydrogen-bond acceptors (Lipinski definition) is 1. The quantitative estimate of drug-likeness (QED) is 0.0941. The van der Waals surface area contributed by atoms with Crippen LogP contribution in [-0.4, -0.2) is 12.7 Å². The molecule has 3 rings (SSSR count). The molecule has 0 aliphatic carbocycles. The van der Waals surface area contributed by atoms with Crippen molar-refractivity contribution in [3.8, 4) is 0 Å². The molecule has 0 heterocycles. The predicted molar refractivity (Wildman–Crippen MR) is 127 cm³/mol. The summed E-state index contributed by atoms with van der Waals surface area (Å²) < 4.78 is -2.66. The third kappa shape index (κ3) is 3.89. The number of azide groups is 1. The van der Waals surface area contributed by atoms with Gasteiger partial charge in [0.05, 0.1) is 0 Å². The van der Waals surface area contributed by atoms with Crippen LogP contribution >= 0.6 is 26.3 Å². The van der Waals surface area contributed by atoms with Crippen molar-refractivity contribution in [3.63, 3.8) is 0 Å². The van der Waals surface area contributed by atoms with Gasteiger partial charge in [-0.25, -0.2) is 0 Å². The molecule has 0 saturated heterocycles. The summed E-state index contributed by atoms with van der Waals surface area (Å²) in [6.45, 7) is 0.554. The van der Waals surface area contributed by atoms with Gasteiger partial charge in [-0.1, -0.05) is 0 Å². The van der Waals surface area contributed by atoms with Crippen LogP contribution in [0.3, 0.4) is 0 Å². The van der Waals surface area contributed by atoms with Gasteiger partial charge < -0.3 is 0 Å². The summed E-state index contributed by atoms with van der Waals surface area (Å²) in [4.78, 5) is 2.90. The third-order valence-corrected chi connectivity index (χ3v) is 16.8. The zero-order chi connectivity index (χ0) is 19.0. The number of hydrogen-bond donors (Lipinski definition) is 0. The van der Waals surface area contributed by atoms with E-state index in [2.05, 4.69) is 123 Å². The van der Waals surface area contributed by atoms with Crippen LogP contribution in [0.4, 0.5) is 0 Å². The van der Waals surface area contributed by atoms with E-state index in [0.717, 1.165) is 19.0 Å². The second-order valence-corrected chi connectivity index (χ2v) is 17.3. The second-order valence-electron chi connectivity index (χ2n) is 6.57. The van der Waals surface area contributed by atoms with Gasteiger partial charge in [0.25, 0.3) is 0 Å². The Morgan fingerprint density at radius 1 is 0.704 bits per heavy atom.